The van der Waals surface area contributed by atoms with Crippen molar-refractivity contribution in [3.8, 4) is 0 Å². The van der Waals surface area contributed by atoms with Gasteiger partial charge in [-0.2, -0.15) is 11.8 Å². The van der Waals surface area contributed by atoms with Crippen molar-refractivity contribution in [1.29, 1.82) is 0 Å². The summed E-state index contributed by atoms with van der Waals surface area (Å²) in [6.07, 6.45) is 0. The summed E-state index contributed by atoms with van der Waals surface area (Å²) in [5, 5.41) is 1.65. The number of hydrogen-bond acceptors (Lipinski definition) is 1. The van der Waals surface area contributed by atoms with Crippen LogP contribution in [0.3, 0.4) is 0 Å². The molecule has 0 saturated carbocycles. The van der Waals surface area contributed by atoms with Crippen molar-refractivity contribution in [2.24, 2.45) is 0 Å². The van der Waals surface area contributed by atoms with E-state index in [1.54, 1.807) is 10.8 Å². The smallest absolute Gasteiger partial charge is 0.0996 e. The summed E-state index contributed by atoms with van der Waals surface area (Å²) in [6, 6.07) is 20.1. The third-order valence-corrected chi connectivity index (χ3v) is 10.7. The van der Waals surface area contributed by atoms with Crippen molar-refractivity contribution < 1.29 is 0 Å². The van der Waals surface area contributed by atoms with E-state index in [-0.39, 0.29) is 0 Å². The number of hydrogen-bond donors (Lipinski definition) is 0. The second kappa shape index (κ2) is 4.60. The highest BCUT2D eigenvalue weighted by atomic mass is 32.2. The van der Waals surface area contributed by atoms with Crippen molar-refractivity contribution in [2.45, 2.75) is 23.7 Å². The lowest BCUT2D eigenvalue weighted by molar-refractivity contribution is 1.24. The van der Waals surface area contributed by atoms with Crippen LogP contribution in [0.2, 0.25) is 13.1 Å². The molecule has 2 aromatic rings. The average Bonchev–Trinajstić information content (AvgIpc) is 2.40. The Balaban J connectivity index is 2.06. The van der Waals surface area contributed by atoms with Crippen LogP contribution in [0.25, 0.3) is 0 Å². The van der Waals surface area contributed by atoms with E-state index in [9.17, 15) is 0 Å². The molecular formula is C16H18SSi. The van der Waals surface area contributed by atoms with Gasteiger partial charge in [0.15, 0.2) is 0 Å². The van der Waals surface area contributed by atoms with Crippen LogP contribution >= 0.6 is 11.8 Å². The molecule has 0 aliphatic carbocycles. The minimum atomic E-state index is -1.42. The van der Waals surface area contributed by atoms with Crippen LogP contribution in [0.15, 0.2) is 54.6 Å². The molecule has 0 spiro atoms. The predicted octanol–water partition coefficient (Wildman–Crippen LogP) is 4.13. The molecule has 0 amide bonds. The van der Waals surface area contributed by atoms with Gasteiger partial charge < -0.3 is 0 Å². The Morgan fingerprint density at radius 1 is 0.944 bits per heavy atom. The van der Waals surface area contributed by atoms with Gasteiger partial charge in [0.1, 0.15) is 0 Å². The zero-order valence-corrected chi connectivity index (χ0v) is 12.7. The van der Waals surface area contributed by atoms with Gasteiger partial charge in [0, 0.05) is 10.6 Å². The summed E-state index contributed by atoms with van der Waals surface area (Å²) in [4.78, 5) is 0.689. The molecule has 1 aliphatic rings. The zero-order valence-electron chi connectivity index (χ0n) is 10.9. The number of benzene rings is 2. The Kier molecular flexibility index (Phi) is 3.08. The van der Waals surface area contributed by atoms with E-state index in [4.69, 9.17) is 0 Å². The maximum Gasteiger partial charge on any atom is 0.0996 e. The van der Waals surface area contributed by atoms with E-state index in [1.807, 2.05) is 0 Å². The van der Waals surface area contributed by atoms with Crippen LogP contribution in [0.5, 0.6) is 0 Å². The van der Waals surface area contributed by atoms with Gasteiger partial charge in [-0.1, -0.05) is 72.9 Å². The molecule has 0 nitrogen and oxygen atoms in total. The Labute approximate surface area is 114 Å². The molecule has 1 aliphatic heterocycles. The van der Waals surface area contributed by atoms with Crippen LogP contribution in [0.1, 0.15) is 16.0 Å². The summed E-state index contributed by atoms with van der Waals surface area (Å²) >= 11 is 2.13. The fourth-order valence-electron chi connectivity index (χ4n) is 2.94. The first-order valence-corrected chi connectivity index (χ1v) is 10.6. The molecule has 92 valence electrons. The van der Waals surface area contributed by atoms with E-state index in [0.717, 1.165) is 5.75 Å². The van der Waals surface area contributed by atoms with Crippen LogP contribution in [-0.2, 0) is 5.75 Å². The molecule has 3 rings (SSSR count). The topological polar surface area (TPSA) is 0 Å². The highest BCUT2D eigenvalue weighted by molar-refractivity contribution is 8.00. The molecule has 1 atom stereocenters. The van der Waals surface area contributed by atoms with E-state index in [2.05, 4.69) is 79.5 Å². The molecule has 2 heteroatoms. The van der Waals surface area contributed by atoms with Crippen molar-refractivity contribution in [3.05, 3.63) is 65.7 Å². The number of rotatable bonds is 1. The fourth-order valence-corrected chi connectivity index (χ4v) is 9.14. The third-order valence-electron chi connectivity index (χ3n) is 3.87. The highest BCUT2D eigenvalue weighted by Crippen LogP contribution is 2.42. The molecular weight excluding hydrogens is 252 g/mol. The average molecular weight is 270 g/mol. The summed E-state index contributed by atoms with van der Waals surface area (Å²) in [5.41, 5.74) is 3.07. The standard InChI is InChI=1S/C16H18SSi/c1-18(2)15-11-7-6-10-14(15)12-17-16(18)13-8-4-3-5-9-13/h3-11,16H,12H2,1-2H3/t16-/m0/s1. The van der Waals surface area contributed by atoms with Crippen molar-refractivity contribution in [2.75, 3.05) is 0 Å². The third kappa shape index (κ3) is 1.94. The lowest BCUT2D eigenvalue weighted by atomic mass is 10.2. The maximum absolute atomic E-state index is 2.51. The molecule has 0 radical (unpaired) electrons. The molecule has 0 aromatic heterocycles. The molecule has 0 saturated heterocycles. The van der Waals surface area contributed by atoms with Gasteiger partial charge in [0.25, 0.3) is 0 Å². The van der Waals surface area contributed by atoms with E-state index < -0.39 is 8.07 Å². The molecule has 0 N–H and O–H groups in total. The Morgan fingerprint density at radius 2 is 1.61 bits per heavy atom. The van der Waals surface area contributed by atoms with Gasteiger partial charge in [-0.25, -0.2) is 0 Å². The minimum absolute atomic E-state index is 0.689. The molecule has 1 heterocycles. The summed E-state index contributed by atoms with van der Waals surface area (Å²) in [6.45, 7) is 5.02. The largest absolute Gasteiger partial charge is 0.152 e. The summed E-state index contributed by atoms with van der Waals surface area (Å²) in [5.74, 6) is 1.16. The predicted molar refractivity (Wildman–Crippen MR) is 84.0 cm³/mol. The first-order chi connectivity index (χ1) is 8.69. The Morgan fingerprint density at radius 3 is 2.39 bits per heavy atom. The van der Waals surface area contributed by atoms with Gasteiger partial charge in [-0.15, -0.1) is 0 Å². The second-order valence-electron chi connectivity index (χ2n) is 5.48. The van der Waals surface area contributed by atoms with Crippen LogP contribution in [0.4, 0.5) is 0 Å². The first kappa shape index (κ1) is 12.1. The SMILES string of the molecule is C[Si]1(C)c2ccccc2CS[C@@H]1c1ccccc1. The lowest BCUT2D eigenvalue weighted by Crippen LogP contribution is -2.50. The summed E-state index contributed by atoms with van der Waals surface area (Å²) in [7, 11) is -1.42. The molecule has 2 aromatic carbocycles. The van der Waals surface area contributed by atoms with Crippen LogP contribution < -0.4 is 5.19 Å². The van der Waals surface area contributed by atoms with Gasteiger partial charge >= 0.3 is 0 Å². The fraction of sp³-hybridized carbons (Fsp3) is 0.250. The minimum Gasteiger partial charge on any atom is -0.152 e. The van der Waals surface area contributed by atoms with E-state index >= 15 is 0 Å². The quantitative estimate of drug-likeness (QED) is 0.702. The Bertz CT molecular complexity index is 548. The highest BCUT2D eigenvalue weighted by Gasteiger charge is 2.39. The maximum atomic E-state index is 2.51. The van der Waals surface area contributed by atoms with Crippen LogP contribution in [-0.4, -0.2) is 8.07 Å². The lowest BCUT2D eigenvalue weighted by Gasteiger charge is -2.38. The monoisotopic (exact) mass is 270 g/mol. The molecule has 18 heavy (non-hydrogen) atoms. The van der Waals surface area contributed by atoms with Gasteiger partial charge in [-0.3, -0.25) is 0 Å². The van der Waals surface area contributed by atoms with Crippen molar-refractivity contribution in [3.63, 3.8) is 0 Å². The van der Waals surface area contributed by atoms with Gasteiger partial charge in [0.05, 0.1) is 8.07 Å². The molecule has 0 unspecified atom stereocenters. The molecule has 0 bridgehead atoms. The summed E-state index contributed by atoms with van der Waals surface area (Å²) < 4.78 is 0. The van der Waals surface area contributed by atoms with Gasteiger partial charge in [-0.05, 0) is 11.1 Å². The number of fused-ring (bicyclic) bond motifs is 1. The van der Waals surface area contributed by atoms with E-state index in [1.165, 1.54) is 5.56 Å². The number of thioether (sulfide) groups is 1. The zero-order chi connectivity index (χ0) is 12.6. The van der Waals surface area contributed by atoms with Crippen molar-refractivity contribution in [1.82, 2.24) is 0 Å². The second-order valence-corrected chi connectivity index (χ2v) is 11.6. The normalized spacial score (nSPS) is 21.3. The van der Waals surface area contributed by atoms with Crippen LogP contribution in [0, 0.1) is 0 Å². The van der Waals surface area contributed by atoms with E-state index in [0.29, 0.717) is 4.87 Å². The molecule has 0 fully saturated rings. The Hall–Kier alpha value is -0.993. The van der Waals surface area contributed by atoms with Crippen molar-refractivity contribution >= 4 is 25.0 Å². The van der Waals surface area contributed by atoms with Gasteiger partial charge in [0.2, 0.25) is 0 Å². The first-order valence-electron chi connectivity index (χ1n) is 6.44.